The monoisotopic (exact) mass is 449 g/mol. The van der Waals surface area contributed by atoms with Gasteiger partial charge in [0.15, 0.2) is 0 Å². The summed E-state index contributed by atoms with van der Waals surface area (Å²) >= 11 is 1.50. The van der Waals surface area contributed by atoms with Crippen molar-refractivity contribution in [2.24, 2.45) is 0 Å². The lowest BCUT2D eigenvalue weighted by Crippen LogP contribution is -2.37. The number of hydrogen-bond acceptors (Lipinski definition) is 5. The van der Waals surface area contributed by atoms with Gasteiger partial charge in [-0.25, -0.2) is 9.69 Å². The highest BCUT2D eigenvalue weighted by atomic mass is 32.1. The smallest absolute Gasteiger partial charge is 0.332 e. The van der Waals surface area contributed by atoms with E-state index in [1.165, 1.54) is 16.2 Å². The van der Waals surface area contributed by atoms with E-state index in [4.69, 9.17) is 4.74 Å². The first-order chi connectivity index (χ1) is 15.6. The molecule has 32 heavy (non-hydrogen) atoms. The first kappa shape index (κ1) is 21.6. The second kappa shape index (κ2) is 9.65. The highest BCUT2D eigenvalue weighted by Gasteiger charge is 2.46. The van der Waals surface area contributed by atoms with Crippen LogP contribution in [-0.4, -0.2) is 35.4 Å². The maximum absolute atomic E-state index is 13.2. The van der Waals surface area contributed by atoms with Gasteiger partial charge in [-0.05, 0) is 54.8 Å². The van der Waals surface area contributed by atoms with Crippen molar-refractivity contribution in [1.82, 2.24) is 4.90 Å². The molecule has 1 aromatic heterocycles. The van der Waals surface area contributed by atoms with E-state index in [2.05, 4.69) is 5.32 Å². The highest BCUT2D eigenvalue weighted by molar-refractivity contribution is 7.09. The van der Waals surface area contributed by atoms with Crippen molar-refractivity contribution < 1.29 is 19.1 Å². The van der Waals surface area contributed by atoms with Crippen LogP contribution in [0, 0.1) is 0 Å². The highest BCUT2D eigenvalue weighted by Crippen LogP contribution is 2.29. The average Bonchev–Trinajstić information content (AvgIpc) is 3.38. The Bertz CT molecular complexity index is 1080. The molecular formula is C24H23N3O4S. The average molecular weight is 450 g/mol. The number of nitrogens with one attached hydrogen (secondary N) is 1. The second-order valence-corrected chi connectivity index (χ2v) is 8.26. The number of urea groups is 1. The molecule has 1 saturated heterocycles. The number of nitrogens with zero attached hydrogens (tertiary/aromatic N) is 2. The van der Waals surface area contributed by atoms with Gasteiger partial charge in [-0.2, -0.15) is 0 Å². The molecule has 0 unspecified atom stereocenters. The van der Waals surface area contributed by atoms with Crippen LogP contribution >= 0.6 is 11.3 Å². The van der Waals surface area contributed by atoms with E-state index >= 15 is 0 Å². The van der Waals surface area contributed by atoms with Crippen LogP contribution in [0.2, 0.25) is 0 Å². The second-order valence-electron chi connectivity index (χ2n) is 7.22. The summed E-state index contributed by atoms with van der Waals surface area (Å²) in [6.07, 6.45) is -0.132. The molecule has 1 fully saturated rings. The minimum absolute atomic E-state index is 0.132. The summed E-state index contributed by atoms with van der Waals surface area (Å²) in [4.78, 5) is 42.8. The largest absolute Gasteiger partial charge is 0.494 e. The van der Waals surface area contributed by atoms with Crippen molar-refractivity contribution in [3.8, 4) is 5.75 Å². The molecule has 1 atom stereocenters. The first-order valence-corrected chi connectivity index (χ1v) is 11.2. The number of amides is 4. The molecule has 1 aliphatic heterocycles. The molecule has 0 spiro atoms. The number of carbonyl (C=O) groups is 3. The fraction of sp³-hybridized carbons (Fsp3) is 0.208. The lowest BCUT2D eigenvalue weighted by molar-refractivity contribution is -0.124. The molecule has 1 aliphatic rings. The van der Waals surface area contributed by atoms with E-state index in [-0.39, 0.29) is 18.9 Å². The minimum Gasteiger partial charge on any atom is -0.494 e. The number of anilines is 2. The number of imide groups is 1. The summed E-state index contributed by atoms with van der Waals surface area (Å²) < 4.78 is 5.41. The van der Waals surface area contributed by atoms with Crippen LogP contribution in [0.1, 0.15) is 18.2 Å². The van der Waals surface area contributed by atoms with Gasteiger partial charge in [0.2, 0.25) is 5.91 Å². The van der Waals surface area contributed by atoms with Crippen molar-refractivity contribution in [3.05, 3.63) is 77.0 Å². The van der Waals surface area contributed by atoms with Crippen LogP contribution in [0.15, 0.2) is 72.1 Å². The molecule has 2 aromatic carbocycles. The Labute approximate surface area is 190 Å². The summed E-state index contributed by atoms with van der Waals surface area (Å²) in [6.45, 7) is 2.73. The molecule has 4 rings (SSSR count). The fourth-order valence-corrected chi connectivity index (χ4v) is 4.29. The number of carbonyl (C=O) groups excluding carboxylic acids is 3. The topological polar surface area (TPSA) is 79.0 Å². The molecule has 0 saturated carbocycles. The minimum atomic E-state index is -0.882. The Balaban J connectivity index is 1.52. The standard InChI is InChI=1S/C24H23N3O4S/c1-2-31-19-12-10-17(11-13-19)25-22(28)15-21-23(29)27(18-7-4-3-5-8-18)24(30)26(21)16-20-9-6-14-32-20/h3-14,21H,2,15-16H2,1H3,(H,25,28)/t21-/m1/s1. The Morgan fingerprint density at radius 2 is 1.78 bits per heavy atom. The van der Waals surface area contributed by atoms with Gasteiger partial charge in [-0.3, -0.25) is 9.59 Å². The lowest BCUT2D eigenvalue weighted by atomic mass is 10.1. The molecule has 7 nitrogen and oxygen atoms in total. The zero-order valence-electron chi connectivity index (χ0n) is 17.6. The van der Waals surface area contributed by atoms with E-state index in [0.29, 0.717) is 23.7 Å². The van der Waals surface area contributed by atoms with Crippen LogP contribution < -0.4 is 15.0 Å². The molecule has 3 aromatic rings. The van der Waals surface area contributed by atoms with Crippen LogP contribution in [-0.2, 0) is 16.1 Å². The molecule has 4 amide bonds. The van der Waals surface area contributed by atoms with Gasteiger partial charge < -0.3 is 15.0 Å². The molecule has 0 radical (unpaired) electrons. The summed E-state index contributed by atoms with van der Waals surface area (Å²) in [6, 6.07) is 18.3. The number of benzene rings is 2. The number of para-hydroxylation sites is 1. The van der Waals surface area contributed by atoms with Crippen molar-refractivity contribution in [3.63, 3.8) is 0 Å². The van der Waals surface area contributed by atoms with E-state index in [1.54, 1.807) is 48.5 Å². The summed E-state index contributed by atoms with van der Waals surface area (Å²) in [5.41, 5.74) is 1.09. The molecule has 1 N–H and O–H groups in total. The zero-order chi connectivity index (χ0) is 22.5. The Morgan fingerprint density at radius 1 is 1.03 bits per heavy atom. The summed E-state index contributed by atoms with van der Waals surface area (Å²) in [5.74, 6) is -0.0336. The van der Waals surface area contributed by atoms with Gasteiger partial charge in [0, 0.05) is 10.6 Å². The number of ether oxygens (including phenoxy) is 1. The Kier molecular flexibility index (Phi) is 6.51. The molecular weight excluding hydrogens is 426 g/mol. The van der Waals surface area contributed by atoms with Crippen molar-refractivity contribution in [1.29, 1.82) is 0 Å². The van der Waals surface area contributed by atoms with Crippen molar-refractivity contribution >= 4 is 40.6 Å². The van der Waals surface area contributed by atoms with E-state index in [0.717, 1.165) is 9.78 Å². The van der Waals surface area contributed by atoms with Gasteiger partial charge in [0.05, 0.1) is 25.3 Å². The van der Waals surface area contributed by atoms with Crippen LogP contribution in [0.25, 0.3) is 0 Å². The third kappa shape index (κ3) is 4.65. The van der Waals surface area contributed by atoms with E-state index < -0.39 is 18.0 Å². The van der Waals surface area contributed by atoms with Gasteiger partial charge in [-0.15, -0.1) is 11.3 Å². The third-order valence-corrected chi connectivity index (χ3v) is 5.93. The van der Waals surface area contributed by atoms with Crippen LogP contribution in [0.3, 0.4) is 0 Å². The fourth-order valence-electron chi connectivity index (χ4n) is 3.59. The lowest BCUT2D eigenvalue weighted by Gasteiger charge is -2.21. The predicted molar refractivity (Wildman–Crippen MR) is 124 cm³/mol. The van der Waals surface area contributed by atoms with Gasteiger partial charge in [0.1, 0.15) is 11.8 Å². The SMILES string of the molecule is CCOc1ccc(NC(=O)C[C@@H]2C(=O)N(c3ccccc3)C(=O)N2Cc2cccs2)cc1. The first-order valence-electron chi connectivity index (χ1n) is 10.3. The quantitative estimate of drug-likeness (QED) is 0.513. The molecule has 2 heterocycles. The van der Waals surface area contributed by atoms with Crippen molar-refractivity contribution in [2.75, 3.05) is 16.8 Å². The maximum Gasteiger partial charge on any atom is 0.332 e. The Hall–Kier alpha value is -3.65. The van der Waals surface area contributed by atoms with Gasteiger partial charge in [0.25, 0.3) is 5.91 Å². The normalized spacial score (nSPS) is 15.8. The third-order valence-electron chi connectivity index (χ3n) is 5.07. The van der Waals surface area contributed by atoms with Crippen molar-refractivity contribution in [2.45, 2.75) is 25.9 Å². The van der Waals surface area contributed by atoms with Gasteiger partial charge in [-0.1, -0.05) is 24.3 Å². The van der Waals surface area contributed by atoms with Crippen LogP contribution in [0.4, 0.5) is 16.2 Å². The zero-order valence-corrected chi connectivity index (χ0v) is 18.4. The number of rotatable bonds is 8. The summed E-state index contributed by atoms with van der Waals surface area (Å²) in [7, 11) is 0. The van der Waals surface area contributed by atoms with E-state index in [9.17, 15) is 14.4 Å². The maximum atomic E-state index is 13.2. The number of thiophene rings is 1. The summed E-state index contributed by atoms with van der Waals surface area (Å²) in [5, 5.41) is 4.72. The Morgan fingerprint density at radius 3 is 2.44 bits per heavy atom. The molecule has 164 valence electrons. The van der Waals surface area contributed by atoms with Crippen LogP contribution in [0.5, 0.6) is 5.75 Å². The molecule has 0 bridgehead atoms. The molecule has 0 aliphatic carbocycles. The molecule has 8 heteroatoms. The number of hydrogen-bond donors (Lipinski definition) is 1. The predicted octanol–water partition coefficient (Wildman–Crippen LogP) is 4.51. The van der Waals surface area contributed by atoms with Gasteiger partial charge >= 0.3 is 6.03 Å². The van der Waals surface area contributed by atoms with E-state index in [1.807, 2.05) is 30.5 Å².